The quantitative estimate of drug-likeness (QED) is 0.793. The summed E-state index contributed by atoms with van der Waals surface area (Å²) >= 11 is 5.99. The van der Waals surface area contributed by atoms with E-state index in [0.717, 1.165) is 25.1 Å². The van der Waals surface area contributed by atoms with E-state index in [1.807, 2.05) is 18.2 Å². The SMILES string of the molecule is O=C(Nc1ccc2c(c1)NCCC2)c1cc(O)ccc1Cl. The smallest absolute Gasteiger partial charge is 0.257 e. The molecule has 4 nitrogen and oxygen atoms in total. The molecule has 0 unspecified atom stereocenters. The van der Waals surface area contributed by atoms with Crippen LogP contribution in [0.3, 0.4) is 0 Å². The number of carbonyl (C=O) groups excluding carboxylic acids is 1. The van der Waals surface area contributed by atoms with E-state index in [2.05, 4.69) is 10.6 Å². The van der Waals surface area contributed by atoms with Crippen molar-refractivity contribution in [2.24, 2.45) is 0 Å². The lowest BCUT2D eigenvalue weighted by Gasteiger charge is -2.19. The molecule has 0 fully saturated rings. The summed E-state index contributed by atoms with van der Waals surface area (Å²) in [6, 6.07) is 10.1. The van der Waals surface area contributed by atoms with Crippen molar-refractivity contribution in [3.05, 3.63) is 52.5 Å². The van der Waals surface area contributed by atoms with Crippen molar-refractivity contribution in [2.75, 3.05) is 17.2 Å². The molecule has 0 aliphatic carbocycles. The Morgan fingerprint density at radius 3 is 2.95 bits per heavy atom. The van der Waals surface area contributed by atoms with E-state index in [9.17, 15) is 9.90 Å². The van der Waals surface area contributed by atoms with Crippen molar-refractivity contribution in [2.45, 2.75) is 12.8 Å². The molecule has 2 aromatic carbocycles. The first-order valence-corrected chi connectivity index (χ1v) is 7.18. The highest BCUT2D eigenvalue weighted by atomic mass is 35.5. The number of fused-ring (bicyclic) bond motifs is 1. The second-order valence-electron chi connectivity index (χ2n) is 5.02. The maximum atomic E-state index is 12.2. The van der Waals surface area contributed by atoms with Gasteiger partial charge in [-0.25, -0.2) is 0 Å². The Hall–Kier alpha value is -2.20. The van der Waals surface area contributed by atoms with E-state index in [-0.39, 0.29) is 17.2 Å². The van der Waals surface area contributed by atoms with E-state index in [1.165, 1.54) is 23.8 Å². The molecule has 0 atom stereocenters. The van der Waals surface area contributed by atoms with E-state index in [0.29, 0.717) is 10.7 Å². The number of amides is 1. The number of hydrogen-bond donors (Lipinski definition) is 3. The minimum absolute atomic E-state index is 0.0108. The van der Waals surface area contributed by atoms with Gasteiger partial charge in [-0.3, -0.25) is 4.79 Å². The highest BCUT2D eigenvalue weighted by Crippen LogP contribution is 2.27. The summed E-state index contributed by atoms with van der Waals surface area (Å²) < 4.78 is 0. The molecule has 2 aromatic rings. The minimum atomic E-state index is -0.341. The normalized spacial score (nSPS) is 13.2. The first-order valence-electron chi connectivity index (χ1n) is 6.80. The van der Waals surface area contributed by atoms with Crippen molar-refractivity contribution in [1.82, 2.24) is 0 Å². The molecule has 0 radical (unpaired) electrons. The maximum absolute atomic E-state index is 12.2. The first-order chi connectivity index (χ1) is 10.1. The van der Waals surface area contributed by atoms with Crippen LogP contribution in [0, 0.1) is 0 Å². The second-order valence-corrected chi connectivity index (χ2v) is 5.43. The third-order valence-corrected chi connectivity index (χ3v) is 3.83. The van der Waals surface area contributed by atoms with Crippen molar-refractivity contribution in [3.63, 3.8) is 0 Å². The van der Waals surface area contributed by atoms with Crippen molar-refractivity contribution in [3.8, 4) is 5.75 Å². The van der Waals surface area contributed by atoms with Gasteiger partial charge in [-0.05, 0) is 48.7 Å². The lowest BCUT2D eigenvalue weighted by atomic mass is 10.0. The largest absolute Gasteiger partial charge is 0.508 e. The molecule has 108 valence electrons. The summed E-state index contributed by atoms with van der Waals surface area (Å²) in [5.41, 5.74) is 3.27. The highest BCUT2D eigenvalue weighted by molar-refractivity contribution is 6.34. The number of benzene rings is 2. The fourth-order valence-corrected chi connectivity index (χ4v) is 2.63. The van der Waals surface area contributed by atoms with E-state index in [1.54, 1.807) is 0 Å². The number of aromatic hydroxyl groups is 1. The van der Waals surface area contributed by atoms with Gasteiger partial charge < -0.3 is 15.7 Å². The molecule has 5 heteroatoms. The van der Waals surface area contributed by atoms with Crippen molar-refractivity contribution in [1.29, 1.82) is 0 Å². The molecule has 3 rings (SSSR count). The number of carbonyl (C=O) groups is 1. The molecule has 0 aromatic heterocycles. The molecule has 0 saturated heterocycles. The van der Waals surface area contributed by atoms with Gasteiger partial charge in [0.05, 0.1) is 10.6 Å². The lowest BCUT2D eigenvalue weighted by Crippen LogP contribution is -2.15. The number of phenols is 1. The third kappa shape index (κ3) is 2.95. The monoisotopic (exact) mass is 302 g/mol. The molecule has 1 aliphatic heterocycles. The molecule has 3 N–H and O–H groups in total. The zero-order valence-corrected chi connectivity index (χ0v) is 12.1. The molecular weight excluding hydrogens is 288 g/mol. The van der Waals surface area contributed by atoms with Crippen LogP contribution in [-0.4, -0.2) is 17.6 Å². The van der Waals surface area contributed by atoms with Crippen LogP contribution in [0.2, 0.25) is 5.02 Å². The summed E-state index contributed by atoms with van der Waals surface area (Å²) in [4.78, 5) is 12.2. The predicted molar refractivity (Wildman–Crippen MR) is 84.3 cm³/mol. The number of anilines is 2. The van der Waals surface area contributed by atoms with E-state index < -0.39 is 0 Å². The second kappa shape index (κ2) is 5.66. The Bertz CT molecular complexity index is 701. The van der Waals surface area contributed by atoms with Gasteiger partial charge in [0.1, 0.15) is 5.75 Å². The summed E-state index contributed by atoms with van der Waals surface area (Å²) in [5, 5.41) is 15.9. The maximum Gasteiger partial charge on any atom is 0.257 e. The fourth-order valence-electron chi connectivity index (χ4n) is 2.42. The van der Waals surface area contributed by atoms with E-state index >= 15 is 0 Å². The number of nitrogens with one attached hydrogen (secondary N) is 2. The van der Waals surface area contributed by atoms with Gasteiger partial charge >= 0.3 is 0 Å². The minimum Gasteiger partial charge on any atom is -0.508 e. The average Bonchev–Trinajstić information content (AvgIpc) is 2.49. The standard InChI is InChI=1S/C16H15ClN2O2/c17-14-6-5-12(20)9-13(14)16(21)19-11-4-3-10-2-1-7-18-15(10)8-11/h3-6,8-9,18,20H,1-2,7H2,(H,19,21). The third-order valence-electron chi connectivity index (χ3n) is 3.50. The van der Waals surface area contributed by atoms with Gasteiger partial charge in [-0.1, -0.05) is 17.7 Å². The molecule has 0 bridgehead atoms. The van der Waals surface area contributed by atoms with Gasteiger partial charge in [-0.15, -0.1) is 0 Å². The van der Waals surface area contributed by atoms with Gasteiger partial charge in [0.15, 0.2) is 0 Å². The number of aryl methyl sites for hydroxylation is 1. The number of halogens is 1. The Balaban J connectivity index is 1.83. The Morgan fingerprint density at radius 1 is 1.24 bits per heavy atom. The lowest BCUT2D eigenvalue weighted by molar-refractivity contribution is 0.102. The number of phenolic OH excluding ortho intramolecular Hbond substituents is 1. The summed E-state index contributed by atoms with van der Waals surface area (Å²) in [6.07, 6.45) is 2.17. The average molecular weight is 303 g/mol. The van der Waals surface area contributed by atoms with Crippen LogP contribution in [0.1, 0.15) is 22.3 Å². The highest BCUT2D eigenvalue weighted by Gasteiger charge is 2.13. The molecule has 1 aliphatic rings. The summed E-state index contributed by atoms with van der Waals surface area (Å²) in [6.45, 7) is 0.947. The van der Waals surface area contributed by atoms with Crippen molar-refractivity contribution >= 4 is 28.9 Å². The molecule has 0 saturated carbocycles. The van der Waals surface area contributed by atoms with Gasteiger partial charge in [-0.2, -0.15) is 0 Å². The van der Waals surface area contributed by atoms with Gasteiger partial charge in [0, 0.05) is 17.9 Å². The Labute approximate surface area is 127 Å². The van der Waals surface area contributed by atoms with Crippen LogP contribution in [0.4, 0.5) is 11.4 Å². The molecule has 1 heterocycles. The fraction of sp³-hybridized carbons (Fsp3) is 0.188. The number of hydrogen-bond acceptors (Lipinski definition) is 3. The van der Waals surface area contributed by atoms with Crippen LogP contribution in [0.15, 0.2) is 36.4 Å². The Morgan fingerprint density at radius 2 is 2.10 bits per heavy atom. The Kier molecular flexibility index (Phi) is 3.71. The summed E-state index contributed by atoms with van der Waals surface area (Å²) in [5.74, 6) is -0.330. The van der Waals surface area contributed by atoms with Crippen LogP contribution < -0.4 is 10.6 Å². The van der Waals surface area contributed by atoms with Crippen LogP contribution in [0.25, 0.3) is 0 Å². The molecular formula is C16H15ClN2O2. The van der Waals surface area contributed by atoms with E-state index in [4.69, 9.17) is 11.6 Å². The predicted octanol–water partition coefficient (Wildman–Crippen LogP) is 3.66. The molecule has 21 heavy (non-hydrogen) atoms. The van der Waals surface area contributed by atoms with Gasteiger partial charge in [0.2, 0.25) is 0 Å². The zero-order chi connectivity index (χ0) is 14.8. The van der Waals surface area contributed by atoms with Gasteiger partial charge in [0.25, 0.3) is 5.91 Å². The molecule has 1 amide bonds. The summed E-state index contributed by atoms with van der Waals surface area (Å²) in [7, 11) is 0. The topological polar surface area (TPSA) is 61.4 Å². The van der Waals surface area contributed by atoms with Crippen LogP contribution in [-0.2, 0) is 6.42 Å². The van der Waals surface area contributed by atoms with Crippen LogP contribution in [0.5, 0.6) is 5.75 Å². The first kappa shape index (κ1) is 13.8. The zero-order valence-electron chi connectivity index (χ0n) is 11.3. The number of rotatable bonds is 2. The van der Waals surface area contributed by atoms with Crippen molar-refractivity contribution < 1.29 is 9.90 Å². The van der Waals surface area contributed by atoms with Crippen LogP contribution >= 0.6 is 11.6 Å². The molecule has 0 spiro atoms.